The van der Waals surface area contributed by atoms with E-state index in [2.05, 4.69) is 10.6 Å². The highest BCUT2D eigenvalue weighted by Crippen LogP contribution is 2.13. The van der Waals surface area contributed by atoms with Crippen molar-refractivity contribution in [1.82, 2.24) is 10.6 Å². The van der Waals surface area contributed by atoms with E-state index in [0.29, 0.717) is 25.2 Å². The molecule has 0 aliphatic carbocycles. The van der Waals surface area contributed by atoms with Crippen molar-refractivity contribution in [3.05, 3.63) is 29.8 Å². The second-order valence-electron chi connectivity index (χ2n) is 7.70. The summed E-state index contributed by atoms with van der Waals surface area (Å²) in [5, 5.41) is 24.7. The van der Waals surface area contributed by atoms with Crippen molar-refractivity contribution in [2.75, 3.05) is 6.61 Å². The number of aromatic hydroxyl groups is 1. The van der Waals surface area contributed by atoms with Gasteiger partial charge in [0, 0.05) is 6.04 Å². The molecule has 0 saturated carbocycles. The van der Waals surface area contributed by atoms with E-state index in [4.69, 9.17) is 5.73 Å². The Balaban J connectivity index is 2.86. The predicted octanol–water partition coefficient (Wildman–Crippen LogP) is 1.46. The maximum Gasteiger partial charge on any atom is 0.244 e. The number of amides is 2. The Morgan fingerprint density at radius 2 is 1.79 bits per heavy atom. The normalized spacial score (nSPS) is 14.5. The lowest BCUT2D eigenvalue weighted by Crippen LogP contribution is -2.54. The second kappa shape index (κ2) is 12.5. The first-order valence-electron chi connectivity index (χ1n) is 10.0. The molecule has 2 amide bonds. The van der Waals surface area contributed by atoms with Crippen molar-refractivity contribution in [2.45, 2.75) is 71.0 Å². The number of nitrogens with two attached hydrogens (primary N) is 1. The summed E-state index contributed by atoms with van der Waals surface area (Å²) in [6, 6.07) is 4.86. The summed E-state index contributed by atoms with van der Waals surface area (Å²) in [6.45, 7) is 5.98. The van der Waals surface area contributed by atoms with E-state index in [0.717, 1.165) is 18.4 Å². The number of carbonyl (C=O) groups is 2. The first-order chi connectivity index (χ1) is 13.3. The molecule has 0 aliphatic heterocycles. The van der Waals surface area contributed by atoms with Crippen LogP contribution in [0.15, 0.2) is 24.3 Å². The van der Waals surface area contributed by atoms with Crippen LogP contribution in [0.1, 0.15) is 52.0 Å². The fourth-order valence-electron chi connectivity index (χ4n) is 3.00. The fraction of sp³-hybridized carbons (Fsp3) is 0.619. The van der Waals surface area contributed by atoms with Gasteiger partial charge in [-0.15, -0.1) is 0 Å². The Kier molecular flexibility index (Phi) is 10.7. The van der Waals surface area contributed by atoms with Gasteiger partial charge in [0.05, 0.1) is 18.7 Å². The molecule has 7 heteroatoms. The SMILES string of the molecule is CCCC[C@H](N)C(=O)NC(=O)[C@H](Cc1ccc(O)cc1)N[C@H](CO)CC(C)C. The zero-order valence-electron chi connectivity index (χ0n) is 17.1. The molecule has 0 bridgehead atoms. The minimum Gasteiger partial charge on any atom is -0.508 e. The standard InChI is InChI=1S/C21H35N3O4/c1-4-5-6-18(22)20(27)24-21(28)19(23-16(13-25)11-14(2)3)12-15-7-9-17(26)10-8-15/h7-10,14,16,18-19,23,25-26H,4-6,11-13,22H2,1-3H3,(H,24,27,28)/t16-,18-,19-/m0/s1. The number of aliphatic hydroxyl groups is 1. The molecule has 158 valence electrons. The van der Waals surface area contributed by atoms with Crippen molar-refractivity contribution < 1.29 is 19.8 Å². The summed E-state index contributed by atoms with van der Waals surface area (Å²) >= 11 is 0. The Morgan fingerprint density at radius 3 is 2.32 bits per heavy atom. The minimum atomic E-state index is -0.720. The molecule has 28 heavy (non-hydrogen) atoms. The number of carbonyl (C=O) groups excluding carboxylic acids is 2. The molecule has 3 atom stereocenters. The van der Waals surface area contributed by atoms with Gasteiger partial charge in [-0.2, -0.15) is 0 Å². The maximum absolute atomic E-state index is 12.8. The maximum atomic E-state index is 12.8. The van der Waals surface area contributed by atoms with Crippen LogP contribution in [0.3, 0.4) is 0 Å². The molecule has 1 aromatic rings. The molecule has 0 heterocycles. The van der Waals surface area contributed by atoms with Gasteiger partial charge >= 0.3 is 0 Å². The van der Waals surface area contributed by atoms with Gasteiger partial charge in [0.25, 0.3) is 0 Å². The second-order valence-corrected chi connectivity index (χ2v) is 7.70. The Morgan fingerprint density at radius 1 is 1.14 bits per heavy atom. The monoisotopic (exact) mass is 393 g/mol. The van der Waals surface area contributed by atoms with Gasteiger partial charge in [0.2, 0.25) is 11.8 Å². The van der Waals surface area contributed by atoms with Crippen LogP contribution < -0.4 is 16.4 Å². The summed E-state index contributed by atoms with van der Waals surface area (Å²) in [5.74, 6) is -0.471. The lowest BCUT2D eigenvalue weighted by molar-refractivity contribution is -0.132. The quantitative estimate of drug-likeness (QED) is 0.366. The highest BCUT2D eigenvalue weighted by Gasteiger charge is 2.26. The van der Waals surface area contributed by atoms with E-state index in [1.807, 2.05) is 20.8 Å². The van der Waals surface area contributed by atoms with Crippen LogP contribution >= 0.6 is 0 Å². The fourth-order valence-corrected chi connectivity index (χ4v) is 3.00. The van der Waals surface area contributed by atoms with Crippen molar-refractivity contribution >= 4 is 11.8 Å². The number of unbranched alkanes of at least 4 members (excludes halogenated alkanes) is 1. The van der Waals surface area contributed by atoms with Crippen LogP contribution in [-0.2, 0) is 16.0 Å². The largest absolute Gasteiger partial charge is 0.508 e. The molecular weight excluding hydrogens is 358 g/mol. The predicted molar refractivity (Wildman–Crippen MR) is 110 cm³/mol. The number of benzene rings is 1. The van der Waals surface area contributed by atoms with Crippen LogP contribution in [-0.4, -0.2) is 46.8 Å². The average Bonchev–Trinajstić information content (AvgIpc) is 2.65. The van der Waals surface area contributed by atoms with Crippen LogP contribution in [0.2, 0.25) is 0 Å². The smallest absolute Gasteiger partial charge is 0.244 e. The summed E-state index contributed by atoms with van der Waals surface area (Å²) in [4.78, 5) is 25.0. The van der Waals surface area contributed by atoms with Crippen molar-refractivity contribution in [3.63, 3.8) is 0 Å². The molecule has 1 rings (SSSR count). The topological polar surface area (TPSA) is 125 Å². The molecule has 0 unspecified atom stereocenters. The van der Waals surface area contributed by atoms with Gasteiger partial charge in [-0.05, 0) is 42.9 Å². The number of aliphatic hydroxyl groups excluding tert-OH is 1. The van der Waals surface area contributed by atoms with Gasteiger partial charge < -0.3 is 21.3 Å². The highest BCUT2D eigenvalue weighted by molar-refractivity contribution is 6.00. The third kappa shape index (κ3) is 8.82. The molecule has 0 aliphatic rings. The molecule has 0 spiro atoms. The van der Waals surface area contributed by atoms with E-state index in [9.17, 15) is 19.8 Å². The molecule has 6 N–H and O–H groups in total. The number of hydrogen-bond donors (Lipinski definition) is 5. The third-order valence-corrected chi connectivity index (χ3v) is 4.56. The van der Waals surface area contributed by atoms with Crippen molar-refractivity contribution in [3.8, 4) is 5.75 Å². The average molecular weight is 394 g/mol. The molecule has 1 aromatic carbocycles. The van der Waals surface area contributed by atoms with E-state index < -0.39 is 23.9 Å². The van der Waals surface area contributed by atoms with Crippen LogP contribution in [0.4, 0.5) is 0 Å². The number of nitrogens with one attached hydrogen (secondary N) is 2. The van der Waals surface area contributed by atoms with Gasteiger partial charge in [0.1, 0.15) is 5.75 Å². The number of rotatable bonds is 12. The molecular formula is C21H35N3O4. The summed E-state index contributed by atoms with van der Waals surface area (Å²) < 4.78 is 0. The van der Waals surface area contributed by atoms with E-state index in [1.165, 1.54) is 0 Å². The van der Waals surface area contributed by atoms with Gasteiger partial charge in [-0.1, -0.05) is 45.7 Å². The molecule has 7 nitrogen and oxygen atoms in total. The van der Waals surface area contributed by atoms with Crippen LogP contribution in [0.5, 0.6) is 5.75 Å². The molecule has 0 saturated heterocycles. The summed E-state index contributed by atoms with van der Waals surface area (Å²) in [6.07, 6.45) is 3.28. The highest BCUT2D eigenvalue weighted by atomic mass is 16.3. The van der Waals surface area contributed by atoms with Gasteiger partial charge in [-0.3, -0.25) is 14.9 Å². The van der Waals surface area contributed by atoms with Crippen molar-refractivity contribution in [1.29, 1.82) is 0 Å². The Labute approximate surface area is 167 Å². The van der Waals surface area contributed by atoms with Gasteiger partial charge in [0.15, 0.2) is 0 Å². The lowest BCUT2D eigenvalue weighted by atomic mass is 10.00. The van der Waals surface area contributed by atoms with E-state index in [1.54, 1.807) is 24.3 Å². The van der Waals surface area contributed by atoms with E-state index in [-0.39, 0.29) is 18.4 Å². The first-order valence-corrected chi connectivity index (χ1v) is 10.0. The first kappa shape index (κ1) is 24.1. The number of hydrogen-bond acceptors (Lipinski definition) is 6. The minimum absolute atomic E-state index is 0.110. The lowest BCUT2D eigenvalue weighted by Gasteiger charge is -2.25. The summed E-state index contributed by atoms with van der Waals surface area (Å²) in [7, 11) is 0. The zero-order chi connectivity index (χ0) is 21.1. The van der Waals surface area contributed by atoms with Gasteiger partial charge in [-0.25, -0.2) is 0 Å². The van der Waals surface area contributed by atoms with Crippen LogP contribution in [0.25, 0.3) is 0 Å². The summed E-state index contributed by atoms with van der Waals surface area (Å²) in [5.41, 5.74) is 6.69. The van der Waals surface area contributed by atoms with E-state index >= 15 is 0 Å². The molecule has 0 fully saturated rings. The number of imide groups is 1. The Bertz CT molecular complexity index is 604. The number of phenolic OH excluding ortho intramolecular Hbond substituents is 1. The Hall–Kier alpha value is -1.96. The number of phenols is 1. The third-order valence-electron chi connectivity index (χ3n) is 4.56. The zero-order valence-corrected chi connectivity index (χ0v) is 17.1. The molecule has 0 radical (unpaired) electrons. The molecule has 0 aromatic heterocycles. The van der Waals surface area contributed by atoms with Crippen LogP contribution in [0, 0.1) is 5.92 Å². The van der Waals surface area contributed by atoms with Crippen molar-refractivity contribution in [2.24, 2.45) is 11.7 Å².